The summed E-state index contributed by atoms with van der Waals surface area (Å²) in [5.41, 5.74) is 0.450. The van der Waals surface area contributed by atoms with Crippen LogP contribution in [0.4, 0.5) is 17.1 Å². The number of unbranched alkanes of at least 4 members (excludes halogenated alkanes) is 12. The van der Waals surface area contributed by atoms with Crippen molar-refractivity contribution in [3.05, 3.63) is 63.9 Å². The molecule has 8 heteroatoms. The van der Waals surface area contributed by atoms with Crippen LogP contribution < -0.4 is 4.74 Å². The van der Waals surface area contributed by atoms with Gasteiger partial charge >= 0.3 is 5.97 Å². The third-order valence-corrected chi connectivity index (χ3v) is 6.04. The van der Waals surface area contributed by atoms with Gasteiger partial charge in [-0.25, -0.2) is 0 Å². The number of hydrogen-bond acceptors (Lipinski definition) is 6. The Balaban J connectivity index is 1.58. The molecule has 2 rings (SSSR count). The van der Waals surface area contributed by atoms with Gasteiger partial charge in [-0.3, -0.25) is 14.9 Å². The van der Waals surface area contributed by atoms with Crippen LogP contribution in [-0.2, 0) is 4.79 Å². The number of azo groups is 1. The van der Waals surface area contributed by atoms with Gasteiger partial charge in [-0.15, -0.1) is 0 Å². The number of nitro groups is 1. The van der Waals surface area contributed by atoms with Crippen LogP contribution in [0.2, 0.25) is 0 Å². The first-order valence-electron chi connectivity index (χ1n) is 13.2. The van der Waals surface area contributed by atoms with Crippen molar-refractivity contribution in [3.8, 4) is 5.75 Å². The Bertz CT molecular complexity index is 943. The highest BCUT2D eigenvalue weighted by atomic mass is 16.6. The molecule has 196 valence electrons. The Morgan fingerprint density at radius 1 is 0.722 bits per heavy atom. The predicted molar refractivity (Wildman–Crippen MR) is 141 cm³/mol. The monoisotopic (exact) mass is 497 g/mol. The Morgan fingerprint density at radius 3 is 1.69 bits per heavy atom. The molecule has 2 aromatic carbocycles. The van der Waals surface area contributed by atoms with Crippen molar-refractivity contribution < 1.29 is 19.3 Å². The summed E-state index contributed by atoms with van der Waals surface area (Å²) in [5, 5.41) is 26.8. The maximum absolute atomic E-state index is 12.2. The molecule has 0 atom stereocenters. The lowest BCUT2D eigenvalue weighted by atomic mass is 10.0. The second kappa shape index (κ2) is 17.2. The topological polar surface area (TPSA) is 108 Å². The molecule has 8 nitrogen and oxygen atoms in total. The summed E-state index contributed by atoms with van der Waals surface area (Å²) in [5.74, 6) is 0.139. The first-order chi connectivity index (χ1) is 17.5. The van der Waals surface area contributed by atoms with Gasteiger partial charge in [-0.05, 0) is 30.7 Å². The third kappa shape index (κ3) is 11.9. The summed E-state index contributed by atoms with van der Waals surface area (Å²) in [7, 11) is 0. The van der Waals surface area contributed by atoms with Crippen LogP contribution in [0.15, 0.2) is 53.6 Å². The van der Waals surface area contributed by atoms with E-state index in [0.717, 1.165) is 19.3 Å². The molecule has 0 fully saturated rings. The lowest BCUT2D eigenvalue weighted by Gasteiger charge is -2.05. The van der Waals surface area contributed by atoms with Crippen molar-refractivity contribution in [2.24, 2.45) is 5.11 Å². The number of nitrogens with zero attached hydrogens (tertiary/aromatic N) is 3. The van der Waals surface area contributed by atoms with E-state index in [-0.39, 0.29) is 17.3 Å². The minimum Gasteiger partial charge on any atom is -0.594 e. The van der Waals surface area contributed by atoms with Gasteiger partial charge in [0.1, 0.15) is 11.4 Å². The number of nitro benzene ring substituents is 1. The van der Waals surface area contributed by atoms with Crippen LogP contribution in [0.25, 0.3) is 0 Å². The average Bonchev–Trinajstić information content (AvgIpc) is 2.88. The predicted octanol–water partition coefficient (Wildman–Crippen LogP) is 8.91. The van der Waals surface area contributed by atoms with Crippen molar-refractivity contribution in [2.45, 2.75) is 96.8 Å². The SMILES string of the molecule is CCCCCCCCCCCCCCCC(=O)Oc1ccc(N=[N+]([O-])c2ccc([N+](=O)[O-])cc2)cc1. The highest BCUT2D eigenvalue weighted by Crippen LogP contribution is 2.23. The minimum atomic E-state index is -0.533. The number of ether oxygens (including phenoxy) is 1. The standard InChI is InChI=1S/C28H39N3O5/c1-2-3-4-5-6-7-8-9-10-11-12-13-14-15-28(32)36-27-22-16-24(17-23-27)29-30(33)25-18-20-26(21-19-25)31(34)35/h16-23H,2-15H2,1H3. The maximum Gasteiger partial charge on any atom is 0.311 e. The van der Waals surface area contributed by atoms with Crippen LogP contribution in [0.5, 0.6) is 5.75 Å². The molecular formula is C28H39N3O5. The molecule has 0 bridgehead atoms. The molecular weight excluding hydrogens is 458 g/mol. The lowest BCUT2D eigenvalue weighted by molar-refractivity contribution is -0.435. The Hall–Kier alpha value is -3.29. The van der Waals surface area contributed by atoms with E-state index in [1.54, 1.807) is 24.3 Å². The zero-order chi connectivity index (χ0) is 26.0. The lowest BCUT2D eigenvalue weighted by Crippen LogP contribution is -2.07. The van der Waals surface area contributed by atoms with Gasteiger partial charge in [-0.1, -0.05) is 88.8 Å². The number of rotatable bonds is 18. The number of benzene rings is 2. The summed E-state index contributed by atoms with van der Waals surface area (Å²) in [6, 6.07) is 11.5. The van der Waals surface area contributed by atoms with Gasteiger partial charge in [0.2, 0.25) is 5.69 Å². The average molecular weight is 498 g/mol. The summed E-state index contributed by atoms with van der Waals surface area (Å²) >= 11 is 0. The summed E-state index contributed by atoms with van der Waals surface area (Å²) < 4.78 is 5.37. The summed E-state index contributed by atoms with van der Waals surface area (Å²) in [4.78, 5) is 22.6. The van der Waals surface area contributed by atoms with Gasteiger partial charge < -0.3 is 9.94 Å². The first kappa shape index (κ1) is 28.9. The fraction of sp³-hybridized carbons (Fsp3) is 0.536. The molecule has 0 aromatic heterocycles. The van der Waals surface area contributed by atoms with Gasteiger partial charge in [0.15, 0.2) is 0 Å². The van der Waals surface area contributed by atoms with Crippen LogP contribution in [0.3, 0.4) is 0 Å². The van der Waals surface area contributed by atoms with Crippen molar-refractivity contribution in [1.82, 2.24) is 0 Å². The van der Waals surface area contributed by atoms with E-state index in [1.165, 1.54) is 88.5 Å². The number of hydrogen-bond donors (Lipinski definition) is 0. The van der Waals surface area contributed by atoms with E-state index in [4.69, 9.17) is 4.74 Å². The number of esters is 1. The van der Waals surface area contributed by atoms with Gasteiger partial charge in [0.05, 0.1) is 4.92 Å². The van der Waals surface area contributed by atoms with Crippen molar-refractivity contribution >= 4 is 23.0 Å². The van der Waals surface area contributed by atoms with Gasteiger partial charge in [-0.2, -0.15) is 0 Å². The molecule has 2 aromatic rings. The van der Waals surface area contributed by atoms with E-state index in [9.17, 15) is 20.1 Å². The fourth-order valence-electron chi connectivity index (χ4n) is 3.91. The Morgan fingerprint density at radius 2 is 1.19 bits per heavy atom. The second-order valence-electron chi connectivity index (χ2n) is 9.11. The quantitative estimate of drug-likeness (QED) is 0.0388. The largest absolute Gasteiger partial charge is 0.594 e. The van der Waals surface area contributed by atoms with Crippen LogP contribution in [0.1, 0.15) is 96.8 Å². The molecule has 36 heavy (non-hydrogen) atoms. The Labute approximate surface area is 214 Å². The van der Waals surface area contributed by atoms with Crippen molar-refractivity contribution in [3.63, 3.8) is 0 Å². The molecule has 0 N–H and O–H groups in total. The third-order valence-electron chi connectivity index (χ3n) is 6.04. The maximum atomic E-state index is 12.2. The molecule has 0 saturated heterocycles. The van der Waals surface area contributed by atoms with E-state index in [1.807, 2.05) is 0 Å². The molecule has 0 aliphatic heterocycles. The molecule has 0 spiro atoms. The zero-order valence-corrected chi connectivity index (χ0v) is 21.4. The molecule has 0 radical (unpaired) electrons. The molecule has 0 amide bonds. The first-order valence-corrected chi connectivity index (χ1v) is 13.2. The smallest absolute Gasteiger partial charge is 0.311 e. The number of carbonyl (C=O) groups is 1. The zero-order valence-electron chi connectivity index (χ0n) is 21.4. The number of non-ortho nitro benzene ring substituents is 1. The van der Waals surface area contributed by atoms with E-state index < -0.39 is 4.92 Å². The summed E-state index contributed by atoms with van der Waals surface area (Å²) in [6.45, 7) is 2.25. The molecule has 0 unspecified atom stereocenters. The molecule has 0 aliphatic rings. The van der Waals surface area contributed by atoms with E-state index in [0.29, 0.717) is 22.7 Å². The molecule has 0 saturated carbocycles. The van der Waals surface area contributed by atoms with Crippen molar-refractivity contribution in [1.29, 1.82) is 0 Å². The molecule has 0 heterocycles. The van der Waals surface area contributed by atoms with Gasteiger partial charge in [0.25, 0.3) is 5.69 Å². The molecule has 0 aliphatic carbocycles. The van der Waals surface area contributed by atoms with Gasteiger partial charge in [0, 0.05) is 35.8 Å². The van der Waals surface area contributed by atoms with Crippen LogP contribution in [0, 0.1) is 15.3 Å². The van der Waals surface area contributed by atoms with Crippen LogP contribution >= 0.6 is 0 Å². The highest BCUT2D eigenvalue weighted by molar-refractivity contribution is 5.72. The highest BCUT2D eigenvalue weighted by Gasteiger charge is 2.10. The Kier molecular flexibility index (Phi) is 13.8. The van der Waals surface area contributed by atoms with E-state index in [2.05, 4.69) is 12.0 Å². The van der Waals surface area contributed by atoms with Crippen molar-refractivity contribution in [2.75, 3.05) is 0 Å². The second-order valence-corrected chi connectivity index (χ2v) is 9.11. The fourth-order valence-corrected chi connectivity index (χ4v) is 3.91. The minimum absolute atomic E-state index is 0.0999. The summed E-state index contributed by atoms with van der Waals surface area (Å²) in [6.07, 6.45) is 16.7. The normalized spacial score (nSPS) is 11.4. The van der Waals surface area contributed by atoms with E-state index >= 15 is 0 Å². The van der Waals surface area contributed by atoms with Crippen LogP contribution in [-0.4, -0.2) is 15.8 Å². The number of carbonyl (C=O) groups excluding carboxylic acids is 1.